The summed E-state index contributed by atoms with van der Waals surface area (Å²) in [6, 6.07) is 6.16. The van der Waals surface area contributed by atoms with Crippen molar-refractivity contribution in [2.24, 2.45) is 0 Å². The fourth-order valence-corrected chi connectivity index (χ4v) is 5.00. The number of alkyl halides is 2. The number of urea groups is 1. The van der Waals surface area contributed by atoms with E-state index in [4.69, 9.17) is 4.74 Å². The van der Waals surface area contributed by atoms with Crippen molar-refractivity contribution in [3.8, 4) is 5.75 Å². The number of benzene rings is 1. The van der Waals surface area contributed by atoms with Gasteiger partial charge in [-0.15, -0.1) is 0 Å². The van der Waals surface area contributed by atoms with Gasteiger partial charge in [0.1, 0.15) is 18.9 Å². The third kappa shape index (κ3) is 6.11. The number of unbranched alkanes of at least 4 members (excludes halogenated alkanes) is 2. The summed E-state index contributed by atoms with van der Waals surface area (Å²) in [5, 5.41) is 2.19. The minimum atomic E-state index is -3.54. The quantitative estimate of drug-likeness (QED) is 0.378. The standard InChI is InChI=1S/C19H25F2N3O5S/c20-16(21)13-29-15-6-4-5-14(11-15)19(7-8-19)23-30(27,28)10-3-1-2-9-24-12-17(25)22-18(24)26/h4-6,11,16,23H,1-3,7-10,12-13H2,(H,22,25,26). The van der Waals surface area contributed by atoms with Crippen molar-refractivity contribution >= 4 is 22.0 Å². The van der Waals surface area contributed by atoms with Gasteiger partial charge in [0.05, 0.1) is 11.3 Å². The Morgan fingerprint density at radius 1 is 1.20 bits per heavy atom. The van der Waals surface area contributed by atoms with Crippen molar-refractivity contribution < 1.29 is 31.5 Å². The number of halogens is 2. The van der Waals surface area contributed by atoms with Gasteiger partial charge in [-0.25, -0.2) is 26.7 Å². The molecule has 3 rings (SSSR count). The van der Waals surface area contributed by atoms with Crippen LogP contribution in [-0.2, 0) is 20.4 Å². The van der Waals surface area contributed by atoms with E-state index in [1.54, 1.807) is 24.3 Å². The maximum Gasteiger partial charge on any atom is 0.324 e. The Kier molecular flexibility index (Phi) is 6.91. The molecule has 1 aromatic rings. The van der Waals surface area contributed by atoms with E-state index in [2.05, 4.69) is 10.0 Å². The van der Waals surface area contributed by atoms with Gasteiger partial charge < -0.3 is 9.64 Å². The molecule has 2 aliphatic rings. The molecule has 0 unspecified atom stereocenters. The van der Waals surface area contributed by atoms with Crippen LogP contribution in [-0.4, -0.2) is 57.1 Å². The lowest BCUT2D eigenvalue weighted by Crippen LogP contribution is -2.36. The topological polar surface area (TPSA) is 105 Å². The highest BCUT2D eigenvalue weighted by molar-refractivity contribution is 7.89. The highest BCUT2D eigenvalue weighted by Crippen LogP contribution is 2.46. The van der Waals surface area contributed by atoms with E-state index in [0.717, 1.165) is 0 Å². The number of imide groups is 1. The molecule has 3 amide bonds. The van der Waals surface area contributed by atoms with Crippen molar-refractivity contribution in [2.75, 3.05) is 25.4 Å². The highest BCUT2D eigenvalue weighted by Gasteiger charge is 2.47. The minimum absolute atomic E-state index is 0.0430. The summed E-state index contributed by atoms with van der Waals surface area (Å²) in [6.07, 6.45) is 0.299. The normalized spacial score (nSPS) is 18.0. The maximum absolute atomic E-state index is 12.5. The van der Waals surface area contributed by atoms with E-state index >= 15 is 0 Å². The summed E-state index contributed by atoms with van der Waals surface area (Å²) >= 11 is 0. The smallest absolute Gasteiger partial charge is 0.324 e. The summed E-state index contributed by atoms with van der Waals surface area (Å²) in [4.78, 5) is 24.0. The second kappa shape index (κ2) is 9.25. The van der Waals surface area contributed by atoms with Gasteiger partial charge in [-0.05, 0) is 43.4 Å². The van der Waals surface area contributed by atoms with Crippen LogP contribution in [0.1, 0.15) is 37.7 Å². The van der Waals surface area contributed by atoms with Gasteiger partial charge in [0.2, 0.25) is 15.9 Å². The maximum atomic E-state index is 12.5. The predicted molar refractivity (Wildman–Crippen MR) is 105 cm³/mol. The average Bonchev–Trinajstić information content (AvgIpc) is 3.37. The highest BCUT2D eigenvalue weighted by atomic mass is 32.2. The molecule has 0 bridgehead atoms. The Morgan fingerprint density at radius 2 is 1.97 bits per heavy atom. The third-order valence-corrected chi connectivity index (χ3v) is 6.60. The zero-order valence-electron chi connectivity index (χ0n) is 16.4. The zero-order chi connectivity index (χ0) is 21.8. The number of amides is 3. The molecule has 2 N–H and O–H groups in total. The monoisotopic (exact) mass is 445 g/mol. The summed E-state index contributed by atoms with van der Waals surface area (Å²) < 4.78 is 57.5. The number of rotatable bonds is 12. The fraction of sp³-hybridized carbons (Fsp3) is 0.579. The Bertz CT molecular complexity index is 890. The fourth-order valence-electron chi connectivity index (χ4n) is 3.40. The number of hydrogen-bond donors (Lipinski definition) is 2. The number of sulfonamides is 1. The lowest BCUT2D eigenvalue weighted by molar-refractivity contribution is -0.118. The van der Waals surface area contributed by atoms with Crippen molar-refractivity contribution in [3.63, 3.8) is 0 Å². The SMILES string of the molecule is O=C1CN(CCCCCS(=O)(=O)NC2(c3cccc(OCC(F)F)c3)CC2)C(=O)N1. The molecular formula is C19H25F2N3O5S. The minimum Gasteiger partial charge on any atom is -0.488 e. The van der Waals surface area contributed by atoms with Crippen molar-refractivity contribution in [1.82, 2.24) is 14.9 Å². The summed E-state index contributed by atoms with van der Waals surface area (Å²) in [6.45, 7) is -0.267. The molecule has 0 radical (unpaired) electrons. The molecule has 1 heterocycles. The van der Waals surface area contributed by atoms with Crippen molar-refractivity contribution in [1.29, 1.82) is 0 Å². The number of hydrogen-bond acceptors (Lipinski definition) is 5. The average molecular weight is 445 g/mol. The van der Waals surface area contributed by atoms with Gasteiger partial charge in [-0.2, -0.15) is 0 Å². The van der Waals surface area contributed by atoms with E-state index in [0.29, 0.717) is 44.2 Å². The molecule has 0 spiro atoms. The number of carbonyl (C=O) groups is 2. The third-order valence-electron chi connectivity index (χ3n) is 5.07. The molecule has 2 fully saturated rings. The van der Waals surface area contributed by atoms with Crippen molar-refractivity contribution in [3.05, 3.63) is 29.8 Å². The molecule has 30 heavy (non-hydrogen) atoms. The first-order chi connectivity index (χ1) is 14.2. The van der Waals surface area contributed by atoms with Gasteiger partial charge in [0.25, 0.3) is 6.43 Å². The van der Waals surface area contributed by atoms with Gasteiger partial charge in [0, 0.05) is 6.54 Å². The van der Waals surface area contributed by atoms with Crippen LogP contribution in [0.3, 0.4) is 0 Å². The first-order valence-corrected chi connectivity index (χ1v) is 11.5. The van der Waals surface area contributed by atoms with Crippen LogP contribution >= 0.6 is 0 Å². The van der Waals surface area contributed by atoms with Crippen LogP contribution in [0.25, 0.3) is 0 Å². The number of nitrogens with zero attached hydrogens (tertiary/aromatic N) is 1. The van der Waals surface area contributed by atoms with Crippen LogP contribution in [0.5, 0.6) is 5.75 Å². The van der Waals surface area contributed by atoms with Gasteiger partial charge in [0.15, 0.2) is 0 Å². The Balaban J connectivity index is 1.46. The van der Waals surface area contributed by atoms with E-state index in [1.165, 1.54) is 4.90 Å². The number of carbonyl (C=O) groups excluding carboxylic acids is 2. The summed E-state index contributed by atoms with van der Waals surface area (Å²) in [5.41, 5.74) is -0.0145. The van der Waals surface area contributed by atoms with Crippen LogP contribution in [0.2, 0.25) is 0 Å². The Labute approximate surface area is 174 Å². The molecule has 11 heteroatoms. The lowest BCUT2D eigenvalue weighted by Gasteiger charge is -2.19. The molecule has 1 aliphatic carbocycles. The lowest BCUT2D eigenvalue weighted by atomic mass is 10.1. The predicted octanol–water partition coefficient (Wildman–Crippen LogP) is 1.96. The van der Waals surface area contributed by atoms with Crippen LogP contribution in [0.4, 0.5) is 13.6 Å². The van der Waals surface area contributed by atoms with Gasteiger partial charge in [-0.3, -0.25) is 10.1 Å². The Hall–Kier alpha value is -2.27. The molecule has 1 aromatic carbocycles. The largest absolute Gasteiger partial charge is 0.488 e. The second-order valence-electron chi connectivity index (χ2n) is 7.57. The molecular weight excluding hydrogens is 420 g/mol. The van der Waals surface area contributed by atoms with Gasteiger partial charge in [-0.1, -0.05) is 18.6 Å². The van der Waals surface area contributed by atoms with Crippen molar-refractivity contribution in [2.45, 2.75) is 44.1 Å². The molecule has 8 nitrogen and oxygen atoms in total. The van der Waals surface area contributed by atoms with E-state index < -0.39 is 34.6 Å². The molecule has 0 aromatic heterocycles. The van der Waals surface area contributed by atoms with Crippen LogP contribution < -0.4 is 14.8 Å². The first-order valence-electron chi connectivity index (χ1n) is 9.81. The van der Waals surface area contributed by atoms with E-state index in [-0.39, 0.29) is 24.0 Å². The molecule has 1 aliphatic heterocycles. The second-order valence-corrected chi connectivity index (χ2v) is 9.41. The number of ether oxygens (including phenoxy) is 1. The van der Waals surface area contributed by atoms with Crippen LogP contribution in [0.15, 0.2) is 24.3 Å². The molecule has 1 saturated heterocycles. The van der Waals surface area contributed by atoms with Gasteiger partial charge >= 0.3 is 6.03 Å². The summed E-state index contributed by atoms with van der Waals surface area (Å²) in [5.74, 6) is -0.102. The molecule has 0 atom stereocenters. The number of nitrogens with one attached hydrogen (secondary N) is 2. The van der Waals surface area contributed by atoms with E-state index in [1.807, 2.05) is 0 Å². The Morgan fingerprint density at radius 3 is 2.60 bits per heavy atom. The first kappa shape index (κ1) is 22.4. The molecule has 166 valence electrons. The zero-order valence-corrected chi connectivity index (χ0v) is 17.2. The van der Waals surface area contributed by atoms with Crippen LogP contribution in [0, 0.1) is 0 Å². The summed E-state index contributed by atoms with van der Waals surface area (Å²) in [7, 11) is -3.54. The molecule has 1 saturated carbocycles. The van der Waals surface area contributed by atoms with E-state index in [9.17, 15) is 26.8 Å².